The van der Waals surface area contributed by atoms with Crippen LogP contribution in [-0.2, 0) is 0 Å². The van der Waals surface area contributed by atoms with Crippen molar-refractivity contribution in [1.82, 2.24) is 0 Å². The van der Waals surface area contributed by atoms with Gasteiger partial charge >= 0.3 is 0 Å². The van der Waals surface area contributed by atoms with Crippen molar-refractivity contribution in [3.8, 4) is 0 Å². The van der Waals surface area contributed by atoms with Crippen LogP contribution in [0.5, 0.6) is 0 Å². The highest BCUT2D eigenvalue weighted by Gasteiger charge is 2.10. The first-order valence-corrected chi connectivity index (χ1v) is 14.7. The molecule has 0 aliphatic carbocycles. The second kappa shape index (κ2) is 20.6. The molecule has 0 spiro atoms. The normalized spacial score (nSPS) is 16.9. The lowest BCUT2D eigenvalue weighted by molar-refractivity contribution is 0.359. The zero-order valence-electron chi connectivity index (χ0n) is 23.5. The summed E-state index contributed by atoms with van der Waals surface area (Å²) in [6.07, 6.45) is 24.5. The first-order chi connectivity index (χ1) is 14.7. The zero-order valence-corrected chi connectivity index (χ0v) is 23.5. The van der Waals surface area contributed by atoms with Crippen molar-refractivity contribution >= 4 is 0 Å². The van der Waals surface area contributed by atoms with Crippen molar-refractivity contribution < 1.29 is 0 Å². The van der Waals surface area contributed by atoms with Gasteiger partial charge in [-0.3, -0.25) is 0 Å². The molecule has 5 unspecified atom stereocenters. The van der Waals surface area contributed by atoms with Crippen molar-refractivity contribution in [2.45, 2.75) is 165 Å². The number of hydrogen-bond donors (Lipinski definition) is 0. The van der Waals surface area contributed by atoms with Gasteiger partial charge in [-0.05, 0) is 35.5 Å². The molecule has 0 aromatic heterocycles. The lowest BCUT2D eigenvalue weighted by Crippen LogP contribution is -2.02. The van der Waals surface area contributed by atoms with Crippen LogP contribution < -0.4 is 0 Å². The summed E-state index contributed by atoms with van der Waals surface area (Å²) in [5.41, 5.74) is 0. The zero-order chi connectivity index (χ0) is 23.5. The van der Waals surface area contributed by atoms with Gasteiger partial charge in [0, 0.05) is 0 Å². The molecule has 0 nitrogen and oxygen atoms in total. The second-order valence-corrected chi connectivity index (χ2v) is 12.4. The summed E-state index contributed by atoms with van der Waals surface area (Å²) in [6, 6.07) is 0. The Labute approximate surface area is 200 Å². The van der Waals surface area contributed by atoms with Crippen LogP contribution in [0.2, 0.25) is 0 Å². The van der Waals surface area contributed by atoms with E-state index >= 15 is 0 Å². The Bertz CT molecular complexity index is 357. The second-order valence-electron chi connectivity index (χ2n) is 12.4. The molecule has 0 fully saturated rings. The molecule has 0 heterocycles. The predicted octanol–water partition coefficient (Wildman–Crippen LogP) is 11.5. The van der Waals surface area contributed by atoms with Crippen molar-refractivity contribution in [2.24, 2.45) is 35.5 Å². The minimum absolute atomic E-state index is 0.877. The van der Waals surface area contributed by atoms with E-state index in [9.17, 15) is 0 Å². The molecule has 0 N–H and O–H groups in total. The van der Waals surface area contributed by atoms with Gasteiger partial charge in [0.2, 0.25) is 0 Å². The van der Waals surface area contributed by atoms with Crippen LogP contribution in [0.15, 0.2) is 0 Å². The fraction of sp³-hybridized carbons (Fsp3) is 1.00. The summed E-state index contributed by atoms with van der Waals surface area (Å²) in [6.45, 7) is 19.4. The van der Waals surface area contributed by atoms with Crippen LogP contribution in [0.25, 0.3) is 0 Å². The first-order valence-electron chi connectivity index (χ1n) is 14.7. The molecule has 0 saturated heterocycles. The summed E-state index contributed by atoms with van der Waals surface area (Å²) in [4.78, 5) is 0. The van der Waals surface area contributed by atoms with Gasteiger partial charge in [0.15, 0.2) is 0 Å². The van der Waals surface area contributed by atoms with Gasteiger partial charge < -0.3 is 0 Å². The molecular weight excluding hydrogens is 372 g/mol. The van der Waals surface area contributed by atoms with Gasteiger partial charge in [0.1, 0.15) is 0 Å². The molecular formula is C31H64. The molecule has 0 aliphatic rings. The minimum atomic E-state index is 0.877. The monoisotopic (exact) mass is 437 g/mol. The van der Waals surface area contributed by atoms with Gasteiger partial charge in [-0.25, -0.2) is 0 Å². The van der Waals surface area contributed by atoms with E-state index in [0.717, 1.165) is 35.5 Å². The molecule has 0 bridgehead atoms. The summed E-state index contributed by atoms with van der Waals surface area (Å²) in [7, 11) is 0. The minimum Gasteiger partial charge on any atom is -0.0654 e. The quantitative estimate of drug-likeness (QED) is 0.158. The molecule has 0 radical (unpaired) electrons. The maximum Gasteiger partial charge on any atom is -0.0443 e. The molecule has 0 aliphatic heterocycles. The first kappa shape index (κ1) is 31.0. The topological polar surface area (TPSA) is 0 Å². The molecule has 188 valence electrons. The third kappa shape index (κ3) is 21.6. The van der Waals surface area contributed by atoms with Crippen molar-refractivity contribution in [2.75, 3.05) is 0 Å². The summed E-state index contributed by atoms with van der Waals surface area (Å²) in [5, 5.41) is 0. The lowest BCUT2D eigenvalue weighted by Gasteiger charge is -2.17. The van der Waals surface area contributed by atoms with Crippen LogP contribution >= 0.6 is 0 Å². The fourth-order valence-corrected chi connectivity index (χ4v) is 5.35. The Morgan fingerprint density at radius 1 is 0.323 bits per heavy atom. The van der Waals surface area contributed by atoms with Gasteiger partial charge in [-0.15, -0.1) is 0 Å². The maximum absolute atomic E-state index is 2.50. The average Bonchev–Trinajstić information content (AvgIpc) is 2.68. The van der Waals surface area contributed by atoms with E-state index < -0.39 is 0 Å². The SMILES string of the molecule is CCCC(C)CCCC(C)CCCC(C)CCCC(C)CCCC(C)CCCC(C)C. The average molecular weight is 437 g/mol. The standard InChI is InChI=1S/C31H64/c1-9-15-27(4)18-11-19-29(6)22-13-23-31(8)25-14-24-30(7)21-12-20-28(5)17-10-16-26(2)3/h26-31H,9-25H2,1-8H3. The summed E-state index contributed by atoms with van der Waals surface area (Å²) >= 11 is 0. The molecule has 31 heavy (non-hydrogen) atoms. The van der Waals surface area contributed by atoms with Gasteiger partial charge in [-0.2, -0.15) is 0 Å². The molecule has 0 saturated carbocycles. The molecule has 0 aromatic rings. The molecule has 0 rings (SSSR count). The van der Waals surface area contributed by atoms with Crippen LogP contribution in [0.4, 0.5) is 0 Å². The summed E-state index contributed by atoms with van der Waals surface area (Å²) in [5.74, 6) is 5.57. The van der Waals surface area contributed by atoms with Gasteiger partial charge in [0.05, 0.1) is 0 Å². The lowest BCUT2D eigenvalue weighted by atomic mass is 9.89. The Kier molecular flexibility index (Phi) is 20.6. The molecule has 5 atom stereocenters. The highest BCUT2D eigenvalue weighted by atomic mass is 14.2. The molecule has 0 heteroatoms. The number of rotatable bonds is 22. The molecule has 0 amide bonds. The van der Waals surface area contributed by atoms with E-state index in [1.807, 2.05) is 0 Å². The van der Waals surface area contributed by atoms with E-state index in [1.54, 1.807) is 0 Å². The Morgan fingerprint density at radius 3 is 0.774 bits per heavy atom. The smallest absolute Gasteiger partial charge is 0.0443 e. The Balaban J connectivity index is 3.59. The highest BCUT2D eigenvalue weighted by molar-refractivity contribution is 4.63. The Morgan fingerprint density at radius 2 is 0.548 bits per heavy atom. The van der Waals surface area contributed by atoms with Crippen molar-refractivity contribution in [3.05, 3.63) is 0 Å². The van der Waals surface area contributed by atoms with Gasteiger partial charge in [-0.1, -0.05) is 165 Å². The van der Waals surface area contributed by atoms with Crippen LogP contribution in [-0.4, -0.2) is 0 Å². The summed E-state index contributed by atoms with van der Waals surface area (Å²) < 4.78 is 0. The third-order valence-electron chi connectivity index (χ3n) is 7.84. The van der Waals surface area contributed by atoms with Crippen molar-refractivity contribution in [3.63, 3.8) is 0 Å². The Hall–Kier alpha value is 0. The maximum atomic E-state index is 2.50. The van der Waals surface area contributed by atoms with Crippen molar-refractivity contribution in [1.29, 1.82) is 0 Å². The fourth-order valence-electron chi connectivity index (χ4n) is 5.35. The predicted molar refractivity (Wildman–Crippen MR) is 145 cm³/mol. The van der Waals surface area contributed by atoms with E-state index in [4.69, 9.17) is 0 Å². The highest BCUT2D eigenvalue weighted by Crippen LogP contribution is 2.25. The van der Waals surface area contributed by atoms with Crippen LogP contribution in [0.1, 0.15) is 165 Å². The third-order valence-corrected chi connectivity index (χ3v) is 7.84. The number of hydrogen-bond acceptors (Lipinski definition) is 0. The molecule has 0 aromatic carbocycles. The van der Waals surface area contributed by atoms with E-state index in [-0.39, 0.29) is 0 Å². The van der Waals surface area contributed by atoms with E-state index in [0.29, 0.717) is 0 Å². The van der Waals surface area contributed by atoms with Crippen LogP contribution in [0, 0.1) is 35.5 Å². The van der Waals surface area contributed by atoms with E-state index in [2.05, 4.69) is 55.4 Å². The van der Waals surface area contributed by atoms with Gasteiger partial charge in [0.25, 0.3) is 0 Å². The van der Waals surface area contributed by atoms with Crippen LogP contribution in [0.3, 0.4) is 0 Å². The van der Waals surface area contributed by atoms with E-state index in [1.165, 1.54) is 109 Å². The largest absolute Gasteiger partial charge is 0.0654 e.